The maximum Gasteiger partial charge on any atom is 0.164 e. The van der Waals surface area contributed by atoms with Crippen LogP contribution in [0.2, 0.25) is 0 Å². The Kier molecular flexibility index (Phi) is 8.20. The van der Waals surface area contributed by atoms with E-state index in [1.54, 1.807) is 13.4 Å². The highest BCUT2D eigenvalue weighted by molar-refractivity contribution is 6.00. The summed E-state index contributed by atoms with van der Waals surface area (Å²) >= 11 is 0. The highest BCUT2D eigenvalue weighted by Crippen LogP contribution is 2.38. The van der Waals surface area contributed by atoms with Crippen LogP contribution in [0.5, 0.6) is 5.75 Å². The molecule has 4 N–H and O–H groups in total. The summed E-state index contributed by atoms with van der Waals surface area (Å²) < 4.78 is 7.69. The largest absolute Gasteiger partial charge is 0.496 e. The number of aliphatic hydroxyl groups is 1. The molecule has 0 bridgehead atoms. The summed E-state index contributed by atoms with van der Waals surface area (Å²) in [4.78, 5) is 17.8. The molecule has 4 heterocycles. The van der Waals surface area contributed by atoms with E-state index in [2.05, 4.69) is 54.8 Å². The highest BCUT2D eigenvalue weighted by Gasteiger charge is 2.31. The molecule has 5 aromatic rings. The molecular formula is C34H42N8O2. The van der Waals surface area contributed by atoms with Gasteiger partial charge in [0, 0.05) is 74.0 Å². The Morgan fingerprint density at radius 3 is 2.57 bits per heavy atom. The fraction of sp³-hybridized carbons (Fsp3) is 0.441. The number of para-hydroxylation sites is 1. The number of piperazine rings is 1. The standard InChI is InChI=1S/C34H42N8O2/c1-44-30-6-3-2-5-23(30)20-26-21-25-19-24(7-12-29(25)38-26)32-31-33(35)36-22-37-34(31)42(39-32)28-10-8-27(9-11-28)41-16-14-40(15-17-41)13-4-18-43/h2-3,5-7,12,19,21-22,27-28,38,43H,4,8-11,13-18,20H2,1H3,(H2,35,36,37)/t27-,28-. The average molecular weight is 595 g/mol. The predicted molar refractivity (Wildman–Crippen MR) is 174 cm³/mol. The first-order valence-corrected chi connectivity index (χ1v) is 15.9. The van der Waals surface area contributed by atoms with E-state index in [9.17, 15) is 0 Å². The fourth-order valence-corrected chi connectivity index (χ4v) is 7.26. The monoisotopic (exact) mass is 594 g/mol. The molecule has 0 atom stereocenters. The molecule has 3 aromatic heterocycles. The average Bonchev–Trinajstić information content (AvgIpc) is 3.66. The number of nitrogen functional groups attached to an aromatic ring is 1. The van der Waals surface area contributed by atoms with Crippen molar-refractivity contribution in [1.82, 2.24) is 34.5 Å². The van der Waals surface area contributed by atoms with Crippen molar-refractivity contribution in [2.75, 3.05) is 52.2 Å². The third-order valence-corrected chi connectivity index (χ3v) is 9.61. The summed E-state index contributed by atoms with van der Waals surface area (Å²) in [5, 5.41) is 16.3. The molecule has 0 radical (unpaired) electrons. The number of H-pyrrole nitrogens is 1. The molecule has 7 rings (SSSR count). The van der Waals surface area contributed by atoms with E-state index in [0.29, 0.717) is 11.9 Å². The number of rotatable bonds is 9. The predicted octanol–water partition coefficient (Wildman–Crippen LogP) is 4.64. The van der Waals surface area contributed by atoms with Crippen LogP contribution in [0.15, 0.2) is 54.9 Å². The number of benzene rings is 2. The lowest BCUT2D eigenvalue weighted by molar-refractivity contribution is 0.0680. The van der Waals surface area contributed by atoms with Crippen LogP contribution in [-0.4, -0.2) is 92.1 Å². The van der Waals surface area contributed by atoms with Crippen molar-refractivity contribution >= 4 is 27.8 Å². The zero-order chi connectivity index (χ0) is 30.0. The first kappa shape index (κ1) is 28.8. The summed E-state index contributed by atoms with van der Waals surface area (Å²) in [6.45, 7) is 5.69. The Hall–Kier alpha value is -3.99. The van der Waals surface area contributed by atoms with E-state index in [0.717, 1.165) is 121 Å². The zero-order valence-corrected chi connectivity index (χ0v) is 25.5. The number of anilines is 1. The van der Waals surface area contributed by atoms with Gasteiger partial charge in [-0.05, 0) is 61.9 Å². The molecule has 2 fully saturated rings. The third kappa shape index (κ3) is 5.65. The second-order valence-electron chi connectivity index (χ2n) is 12.3. The van der Waals surface area contributed by atoms with Crippen molar-refractivity contribution < 1.29 is 9.84 Å². The van der Waals surface area contributed by atoms with Crippen molar-refractivity contribution in [3.8, 4) is 17.0 Å². The second-order valence-corrected chi connectivity index (χ2v) is 12.3. The summed E-state index contributed by atoms with van der Waals surface area (Å²) in [5.41, 5.74) is 12.5. The molecule has 0 amide bonds. The number of hydrogen-bond acceptors (Lipinski definition) is 8. The van der Waals surface area contributed by atoms with Crippen LogP contribution in [-0.2, 0) is 6.42 Å². The van der Waals surface area contributed by atoms with E-state index >= 15 is 0 Å². The Labute approximate surface area is 257 Å². The van der Waals surface area contributed by atoms with Crippen molar-refractivity contribution in [1.29, 1.82) is 0 Å². The Balaban J connectivity index is 1.11. The number of nitrogens with zero attached hydrogens (tertiary/aromatic N) is 6. The fourth-order valence-electron chi connectivity index (χ4n) is 7.26. The van der Waals surface area contributed by atoms with Gasteiger partial charge in [0.15, 0.2) is 5.65 Å². The quantitative estimate of drug-likeness (QED) is 0.226. The van der Waals surface area contributed by atoms with Crippen LogP contribution < -0.4 is 10.5 Å². The molecule has 1 aliphatic heterocycles. The van der Waals surface area contributed by atoms with Gasteiger partial charge in [-0.1, -0.05) is 24.3 Å². The molecule has 0 spiro atoms. The van der Waals surface area contributed by atoms with E-state index in [1.807, 2.05) is 18.2 Å². The van der Waals surface area contributed by atoms with Crippen LogP contribution in [0.3, 0.4) is 0 Å². The van der Waals surface area contributed by atoms with Gasteiger partial charge in [0.2, 0.25) is 0 Å². The van der Waals surface area contributed by atoms with Gasteiger partial charge in [0.05, 0.1) is 18.5 Å². The number of hydrogen-bond donors (Lipinski definition) is 3. The van der Waals surface area contributed by atoms with Gasteiger partial charge in [-0.25, -0.2) is 14.6 Å². The van der Waals surface area contributed by atoms with Crippen molar-refractivity contribution in [2.45, 2.75) is 50.6 Å². The number of nitrogens with one attached hydrogen (secondary N) is 1. The lowest BCUT2D eigenvalue weighted by Gasteiger charge is -2.42. The van der Waals surface area contributed by atoms with Crippen LogP contribution in [0, 0.1) is 0 Å². The Morgan fingerprint density at radius 1 is 0.977 bits per heavy atom. The molecule has 10 heteroatoms. The van der Waals surface area contributed by atoms with Crippen LogP contribution >= 0.6 is 0 Å². The Bertz CT molecular complexity index is 1730. The van der Waals surface area contributed by atoms with Gasteiger partial charge < -0.3 is 25.5 Å². The minimum absolute atomic E-state index is 0.275. The maximum absolute atomic E-state index is 9.16. The molecule has 0 unspecified atom stereocenters. The SMILES string of the molecule is COc1ccccc1Cc1cc2cc(-c3nn([C@H]4CC[C@H](N5CCN(CCCO)CC5)CC4)c4ncnc(N)c34)ccc2[nH]1. The number of aromatic amines is 1. The molecule has 2 aliphatic rings. The van der Waals surface area contributed by atoms with Crippen molar-refractivity contribution in [3.05, 3.63) is 66.1 Å². The first-order valence-electron chi connectivity index (χ1n) is 15.9. The lowest BCUT2D eigenvalue weighted by atomic mass is 9.90. The molecule has 1 saturated heterocycles. The van der Waals surface area contributed by atoms with Gasteiger partial charge in [0.25, 0.3) is 0 Å². The molecule has 230 valence electrons. The first-order chi connectivity index (χ1) is 21.6. The molecule has 10 nitrogen and oxygen atoms in total. The maximum atomic E-state index is 9.16. The molecular weight excluding hydrogens is 552 g/mol. The number of ether oxygens (including phenoxy) is 1. The zero-order valence-electron chi connectivity index (χ0n) is 25.5. The van der Waals surface area contributed by atoms with E-state index < -0.39 is 0 Å². The van der Waals surface area contributed by atoms with Gasteiger partial charge in [-0.15, -0.1) is 0 Å². The van der Waals surface area contributed by atoms with Crippen LogP contribution in [0.4, 0.5) is 5.82 Å². The van der Waals surface area contributed by atoms with E-state index in [-0.39, 0.29) is 12.6 Å². The van der Waals surface area contributed by atoms with E-state index in [4.69, 9.17) is 25.7 Å². The summed E-state index contributed by atoms with van der Waals surface area (Å²) in [7, 11) is 1.71. The summed E-state index contributed by atoms with van der Waals surface area (Å²) in [6.07, 6.45) is 7.63. The van der Waals surface area contributed by atoms with Crippen molar-refractivity contribution in [3.63, 3.8) is 0 Å². The number of aromatic nitrogens is 5. The smallest absolute Gasteiger partial charge is 0.164 e. The molecule has 44 heavy (non-hydrogen) atoms. The van der Waals surface area contributed by atoms with Crippen molar-refractivity contribution in [2.24, 2.45) is 0 Å². The number of aliphatic hydroxyl groups excluding tert-OH is 1. The van der Waals surface area contributed by atoms with Crippen LogP contribution in [0.1, 0.15) is 49.4 Å². The van der Waals surface area contributed by atoms with Gasteiger partial charge in [-0.3, -0.25) is 4.90 Å². The normalized spacial score (nSPS) is 20.0. The van der Waals surface area contributed by atoms with Crippen LogP contribution in [0.25, 0.3) is 33.2 Å². The van der Waals surface area contributed by atoms with Gasteiger partial charge in [-0.2, -0.15) is 5.10 Å². The molecule has 2 aromatic carbocycles. The van der Waals surface area contributed by atoms with Gasteiger partial charge in [0.1, 0.15) is 23.6 Å². The summed E-state index contributed by atoms with van der Waals surface area (Å²) in [5.74, 6) is 1.36. The number of nitrogens with two attached hydrogens (primary N) is 1. The van der Waals surface area contributed by atoms with E-state index in [1.165, 1.54) is 0 Å². The van der Waals surface area contributed by atoms with Gasteiger partial charge >= 0.3 is 0 Å². The Morgan fingerprint density at radius 2 is 1.77 bits per heavy atom. The topological polar surface area (TPSA) is 121 Å². The lowest BCUT2D eigenvalue weighted by Crippen LogP contribution is -2.51. The summed E-state index contributed by atoms with van der Waals surface area (Å²) in [6, 6.07) is 17.7. The molecule has 1 aliphatic carbocycles. The second kappa shape index (κ2) is 12.6. The highest BCUT2D eigenvalue weighted by atomic mass is 16.5. The third-order valence-electron chi connectivity index (χ3n) is 9.61. The molecule has 1 saturated carbocycles. The number of methoxy groups -OCH3 is 1. The minimum Gasteiger partial charge on any atom is -0.496 e. The minimum atomic E-state index is 0.275. The number of fused-ring (bicyclic) bond motifs is 2.